The summed E-state index contributed by atoms with van der Waals surface area (Å²) in [5, 5.41) is 7.20. The first kappa shape index (κ1) is 18.1. The van der Waals surface area contributed by atoms with Crippen LogP contribution in [0.3, 0.4) is 0 Å². The van der Waals surface area contributed by atoms with Crippen molar-refractivity contribution in [3.8, 4) is 0 Å². The second-order valence-corrected chi connectivity index (χ2v) is 7.49. The third-order valence-corrected chi connectivity index (χ3v) is 5.39. The van der Waals surface area contributed by atoms with Crippen LogP contribution in [0.2, 0.25) is 0 Å². The molecule has 3 rings (SSSR count). The van der Waals surface area contributed by atoms with Gasteiger partial charge < -0.3 is 20.4 Å². The van der Waals surface area contributed by atoms with Gasteiger partial charge in [0.15, 0.2) is 5.96 Å². The van der Waals surface area contributed by atoms with Gasteiger partial charge in [-0.2, -0.15) is 0 Å². The number of rotatable bonds is 4. The second kappa shape index (κ2) is 9.09. The van der Waals surface area contributed by atoms with Gasteiger partial charge >= 0.3 is 0 Å². The Labute approximate surface area is 152 Å². The Morgan fingerprint density at radius 1 is 1.12 bits per heavy atom. The smallest absolute Gasteiger partial charge is 0.191 e. The van der Waals surface area contributed by atoms with E-state index in [0.717, 1.165) is 31.5 Å². The quantitative estimate of drug-likeness (QED) is 0.649. The molecule has 2 aliphatic heterocycles. The molecule has 2 atom stereocenters. The van der Waals surface area contributed by atoms with Crippen LogP contribution in [-0.4, -0.2) is 63.7 Å². The summed E-state index contributed by atoms with van der Waals surface area (Å²) in [6.07, 6.45) is 5.05. The van der Waals surface area contributed by atoms with Crippen molar-refractivity contribution in [3.63, 3.8) is 0 Å². The first-order valence-corrected chi connectivity index (χ1v) is 9.70. The van der Waals surface area contributed by atoms with Crippen molar-refractivity contribution in [3.05, 3.63) is 30.3 Å². The molecule has 2 saturated heterocycles. The molecule has 5 heteroatoms. The van der Waals surface area contributed by atoms with Crippen LogP contribution in [-0.2, 0) is 0 Å². The summed E-state index contributed by atoms with van der Waals surface area (Å²) in [5.74, 6) is 1.68. The van der Waals surface area contributed by atoms with E-state index >= 15 is 0 Å². The van der Waals surface area contributed by atoms with Crippen LogP contribution in [0.15, 0.2) is 35.3 Å². The number of nitrogens with one attached hydrogen (secondary N) is 2. The minimum atomic E-state index is 0.453. The number of aliphatic imine (C=N–C) groups is 1. The number of guanidine groups is 1. The molecule has 2 heterocycles. The molecule has 0 radical (unpaired) electrons. The number of hydrogen-bond donors (Lipinski definition) is 2. The highest BCUT2D eigenvalue weighted by molar-refractivity contribution is 5.80. The van der Waals surface area contributed by atoms with E-state index in [1.807, 2.05) is 7.05 Å². The van der Waals surface area contributed by atoms with E-state index in [-0.39, 0.29) is 0 Å². The van der Waals surface area contributed by atoms with Crippen LogP contribution in [0.1, 0.15) is 25.7 Å². The van der Waals surface area contributed by atoms with Crippen molar-refractivity contribution in [2.45, 2.75) is 31.7 Å². The van der Waals surface area contributed by atoms with Gasteiger partial charge in [-0.15, -0.1) is 0 Å². The monoisotopic (exact) mass is 343 g/mol. The highest BCUT2D eigenvalue weighted by Gasteiger charge is 2.22. The average molecular weight is 344 g/mol. The number of hydrogen-bond acceptors (Lipinski definition) is 3. The minimum absolute atomic E-state index is 0.453. The fraction of sp³-hybridized carbons (Fsp3) is 0.650. The number of nitrogens with zero attached hydrogens (tertiary/aromatic N) is 3. The zero-order valence-electron chi connectivity index (χ0n) is 15.7. The van der Waals surface area contributed by atoms with E-state index in [0.29, 0.717) is 6.04 Å². The lowest BCUT2D eigenvalue weighted by Crippen LogP contribution is -2.52. The minimum Gasteiger partial charge on any atom is -0.369 e. The van der Waals surface area contributed by atoms with Crippen LogP contribution < -0.4 is 15.5 Å². The van der Waals surface area contributed by atoms with E-state index in [1.165, 1.54) is 44.5 Å². The molecule has 0 bridgehead atoms. The topological polar surface area (TPSA) is 42.9 Å². The van der Waals surface area contributed by atoms with Crippen molar-refractivity contribution in [1.29, 1.82) is 0 Å². The van der Waals surface area contributed by atoms with E-state index in [2.05, 4.69) is 62.8 Å². The largest absolute Gasteiger partial charge is 0.369 e. The van der Waals surface area contributed by atoms with Crippen LogP contribution in [0.4, 0.5) is 5.69 Å². The van der Waals surface area contributed by atoms with Gasteiger partial charge in [-0.05, 0) is 57.3 Å². The molecule has 0 spiro atoms. The van der Waals surface area contributed by atoms with Crippen molar-refractivity contribution in [2.24, 2.45) is 10.9 Å². The SMILES string of the molecule is CN=C(NCC1CCCN(C)C1)NC1CCCN(c2ccccc2)C1. The normalized spacial score (nSPS) is 25.7. The number of anilines is 1. The predicted molar refractivity (Wildman–Crippen MR) is 106 cm³/mol. The third-order valence-electron chi connectivity index (χ3n) is 5.39. The molecule has 1 aromatic rings. The molecule has 25 heavy (non-hydrogen) atoms. The Bertz CT molecular complexity index is 544. The van der Waals surface area contributed by atoms with Gasteiger partial charge in [0.2, 0.25) is 0 Å². The van der Waals surface area contributed by atoms with Crippen molar-refractivity contribution >= 4 is 11.6 Å². The van der Waals surface area contributed by atoms with E-state index < -0.39 is 0 Å². The number of benzene rings is 1. The molecule has 0 aromatic heterocycles. The van der Waals surface area contributed by atoms with Crippen molar-refractivity contribution < 1.29 is 0 Å². The van der Waals surface area contributed by atoms with Crippen LogP contribution in [0.25, 0.3) is 0 Å². The van der Waals surface area contributed by atoms with Crippen molar-refractivity contribution in [2.75, 3.05) is 51.7 Å². The van der Waals surface area contributed by atoms with E-state index in [4.69, 9.17) is 0 Å². The summed E-state index contributed by atoms with van der Waals surface area (Å²) < 4.78 is 0. The van der Waals surface area contributed by atoms with Gasteiger partial charge in [-0.25, -0.2) is 0 Å². The lowest BCUT2D eigenvalue weighted by Gasteiger charge is -2.36. The van der Waals surface area contributed by atoms with Gasteiger partial charge in [0.25, 0.3) is 0 Å². The first-order chi connectivity index (χ1) is 12.2. The molecular formula is C20H33N5. The molecule has 2 fully saturated rings. The maximum atomic E-state index is 4.45. The molecule has 0 saturated carbocycles. The Kier molecular flexibility index (Phi) is 6.56. The second-order valence-electron chi connectivity index (χ2n) is 7.49. The Morgan fingerprint density at radius 3 is 2.68 bits per heavy atom. The summed E-state index contributed by atoms with van der Waals surface area (Å²) in [6.45, 7) is 5.62. The van der Waals surface area contributed by atoms with Crippen LogP contribution >= 0.6 is 0 Å². The Balaban J connectivity index is 1.48. The highest BCUT2D eigenvalue weighted by atomic mass is 15.2. The predicted octanol–water partition coefficient (Wildman–Crippen LogP) is 2.16. The molecule has 5 nitrogen and oxygen atoms in total. The average Bonchev–Trinajstić information content (AvgIpc) is 2.66. The molecule has 1 aromatic carbocycles. The summed E-state index contributed by atoms with van der Waals surface area (Å²) in [4.78, 5) is 9.36. The summed E-state index contributed by atoms with van der Waals surface area (Å²) in [6, 6.07) is 11.2. The Morgan fingerprint density at radius 2 is 1.92 bits per heavy atom. The maximum Gasteiger partial charge on any atom is 0.191 e. The number of likely N-dealkylation sites (tertiary alicyclic amines) is 1. The van der Waals surface area contributed by atoms with Crippen LogP contribution in [0.5, 0.6) is 0 Å². The number of para-hydroxylation sites is 1. The van der Waals surface area contributed by atoms with Gasteiger partial charge in [-0.1, -0.05) is 18.2 Å². The fourth-order valence-electron chi connectivity index (χ4n) is 4.04. The summed E-state index contributed by atoms with van der Waals surface area (Å²) >= 11 is 0. The molecular weight excluding hydrogens is 310 g/mol. The van der Waals surface area contributed by atoms with E-state index in [9.17, 15) is 0 Å². The van der Waals surface area contributed by atoms with E-state index in [1.54, 1.807) is 0 Å². The van der Waals surface area contributed by atoms with Gasteiger partial charge in [0.05, 0.1) is 0 Å². The zero-order valence-corrected chi connectivity index (χ0v) is 15.7. The standard InChI is InChI=1S/C20H33N5/c1-21-20(22-14-17-8-6-12-24(2)15-17)23-18-9-7-13-25(16-18)19-10-4-3-5-11-19/h3-5,10-11,17-18H,6-9,12-16H2,1-2H3,(H2,21,22,23). The lowest BCUT2D eigenvalue weighted by atomic mass is 9.98. The van der Waals surface area contributed by atoms with Crippen molar-refractivity contribution in [1.82, 2.24) is 15.5 Å². The maximum absolute atomic E-state index is 4.45. The first-order valence-electron chi connectivity index (χ1n) is 9.70. The molecule has 138 valence electrons. The van der Waals surface area contributed by atoms with Crippen LogP contribution in [0, 0.1) is 5.92 Å². The van der Waals surface area contributed by atoms with Gasteiger partial charge in [0.1, 0.15) is 0 Å². The number of piperidine rings is 2. The molecule has 0 amide bonds. The fourth-order valence-corrected chi connectivity index (χ4v) is 4.04. The van der Waals surface area contributed by atoms with Gasteiger partial charge in [0, 0.05) is 45.0 Å². The molecule has 2 unspecified atom stereocenters. The highest BCUT2D eigenvalue weighted by Crippen LogP contribution is 2.19. The zero-order chi connectivity index (χ0) is 17.5. The molecule has 2 aliphatic rings. The Hall–Kier alpha value is -1.75. The summed E-state index contributed by atoms with van der Waals surface area (Å²) in [5.41, 5.74) is 1.32. The van der Waals surface area contributed by atoms with Gasteiger partial charge in [-0.3, -0.25) is 4.99 Å². The molecule has 0 aliphatic carbocycles. The lowest BCUT2D eigenvalue weighted by molar-refractivity contribution is 0.210. The third kappa shape index (κ3) is 5.36. The summed E-state index contributed by atoms with van der Waals surface area (Å²) in [7, 11) is 4.10. The molecule has 2 N–H and O–H groups in total.